The van der Waals surface area contributed by atoms with Gasteiger partial charge in [-0.1, -0.05) is 6.07 Å². The maximum atomic E-state index is 11.9. The minimum Gasteiger partial charge on any atom is -0.504 e. The van der Waals surface area contributed by atoms with Gasteiger partial charge >= 0.3 is 5.97 Å². The number of phenols is 3. The van der Waals surface area contributed by atoms with E-state index in [4.69, 9.17) is 5.11 Å². The zero-order valence-electron chi connectivity index (χ0n) is 14.1. The summed E-state index contributed by atoms with van der Waals surface area (Å²) in [6.45, 7) is 0.157. The number of hydrogen-bond acceptors (Lipinski definition) is 6. The van der Waals surface area contributed by atoms with Crippen molar-refractivity contribution in [2.75, 3.05) is 11.9 Å². The number of aromatic hydroxyl groups is 3. The Morgan fingerprint density at radius 2 is 1.59 bits per heavy atom. The minimum atomic E-state index is -1.10. The van der Waals surface area contributed by atoms with Gasteiger partial charge in [0.25, 0.3) is 5.91 Å². The summed E-state index contributed by atoms with van der Waals surface area (Å²) in [5.74, 6) is -3.98. The van der Waals surface area contributed by atoms with Crippen LogP contribution in [0.25, 0.3) is 0 Å². The van der Waals surface area contributed by atoms with Gasteiger partial charge in [-0.05, 0) is 36.8 Å². The molecule has 0 aliphatic rings. The SMILES string of the molecule is O=C(CCCNC(=O)c1cc(O)c(O)c(O)c1)Nc1cccc(C(=O)O)c1. The third-order valence-electron chi connectivity index (χ3n) is 3.59. The van der Waals surface area contributed by atoms with E-state index in [1.165, 1.54) is 18.2 Å². The maximum Gasteiger partial charge on any atom is 0.335 e. The highest BCUT2D eigenvalue weighted by Crippen LogP contribution is 2.35. The molecule has 0 spiro atoms. The molecule has 0 fully saturated rings. The lowest BCUT2D eigenvalue weighted by molar-refractivity contribution is -0.116. The van der Waals surface area contributed by atoms with Crippen molar-refractivity contribution in [3.63, 3.8) is 0 Å². The molecule has 9 nitrogen and oxygen atoms in total. The van der Waals surface area contributed by atoms with Gasteiger partial charge in [0.15, 0.2) is 17.2 Å². The summed E-state index contributed by atoms with van der Waals surface area (Å²) in [6, 6.07) is 7.84. The van der Waals surface area contributed by atoms with E-state index in [1.54, 1.807) is 6.07 Å². The summed E-state index contributed by atoms with van der Waals surface area (Å²) in [4.78, 5) is 34.7. The van der Waals surface area contributed by atoms with Crippen LogP contribution in [-0.2, 0) is 4.79 Å². The molecule has 0 saturated carbocycles. The van der Waals surface area contributed by atoms with E-state index in [2.05, 4.69) is 10.6 Å². The topological polar surface area (TPSA) is 156 Å². The molecule has 0 bridgehead atoms. The second-order valence-corrected chi connectivity index (χ2v) is 5.66. The van der Waals surface area contributed by atoms with E-state index < -0.39 is 29.1 Å². The zero-order valence-corrected chi connectivity index (χ0v) is 14.1. The van der Waals surface area contributed by atoms with Crippen LogP contribution in [-0.4, -0.2) is 44.8 Å². The van der Waals surface area contributed by atoms with Crippen LogP contribution < -0.4 is 10.6 Å². The number of phenolic OH excluding ortho intramolecular Hbond substituents is 3. The molecular formula is C18H18N2O7. The van der Waals surface area contributed by atoms with Crippen LogP contribution >= 0.6 is 0 Å². The number of carbonyl (C=O) groups is 3. The summed E-state index contributed by atoms with van der Waals surface area (Å²) < 4.78 is 0. The van der Waals surface area contributed by atoms with E-state index in [1.807, 2.05) is 0 Å². The smallest absolute Gasteiger partial charge is 0.335 e. The van der Waals surface area contributed by atoms with Crippen molar-refractivity contribution in [3.8, 4) is 17.2 Å². The van der Waals surface area contributed by atoms with Gasteiger partial charge in [0.05, 0.1) is 5.56 Å². The van der Waals surface area contributed by atoms with Crippen molar-refractivity contribution < 1.29 is 34.8 Å². The molecule has 0 heterocycles. The molecule has 0 aliphatic carbocycles. The quantitative estimate of drug-likeness (QED) is 0.318. The Labute approximate surface area is 153 Å². The molecule has 2 aromatic rings. The molecule has 0 atom stereocenters. The van der Waals surface area contributed by atoms with Gasteiger partial charge in [0.2, 0.25) is 5.91 Å². The number of rotatable bonds is 7. The third-order valence-corrected chi connectivity index (χ3v) is 3.59. The Bertz CT molecular complexity index is 857. The molecule has 0 aliphatic heterocycles. The summed E-state index contributed by atoms with van der Waals surface area (Å²) in [5, 5.41) is 42.0. The van der Waals surface area contributed by atoms with Crippen molar-refractivity contribution in [2.45, 2.75) is 12.8 Å². The number of carboxylic acid groups (broad SMARTS) is 1. The molecule has 0 radical (unpaired) electrons. The van der Waals surface area contributed by atoms with Crippen molar-refractivity contribution >= 4 is 23.5 Å². The second-order valence-electron chi connectivity index (χ2n) is 5.66. The zero-order chi connectivity index (χ0) is 20.0. The molecule has 0 saturated heterocycles. The number of aromatic carboxylic acids is 1. The summed E-state index contributed by atoms with van der Waals surface area (Å²) in [5.41, 5.74) is 0.372. The molecule has 2 aromatic carbocycles. The van der Waals surface area contributed by atoms with Gasteiger partial charge in [-0.25, -0.2) is 4.79 Å². The van der Waals surface area contributed by atoms with Gasteiger partial charge in [0, 0.05) is 24.2 Å². The fourth-order valence-corrected chi connectivity index (χ4v) is 2.24. The van der Waals surface area contributed by atoms with Gasteiger partial charge in [-0.15, -0.1) is 0 Å². The largest absolute Gasteiger partial charge is 0.504 e. The number of amides is 2. The fraction of sp³-hybridized carbons (Fsp3) is 0.167. The molecule has 6 N–H and O–H groups in total. The molecule has 2 rings (SSSR count). The van der Waals surface area contributed by atoms with Crippen LogP contribution in [0.5, 0.6) is 17.2 Å². The number of nitrogens with one attached hydrogen (secondary N) is 2. The lowest BCUT2D eigenvalue weighted by Gasteiger charge is -2.08. The van der Waals surface area contributed by atoms with Crippen LogP contribution in [0.2, 0.25) is 0 Å². The highest BCUT2D eigenvalue weighted by Gasteiger charge is 2.13. The second kappa shape index (κ2) is 8.56. The first-order chi connectivity index (χ1) is 12.8. The molecule has 2 amide bonds. The minimum absolute atomic E-state index is 0.0438. The van der Waals surface area contributed by atoms with Crippen molar-refractivity contribution in [1.29, 1.82) is 0 Å². The monoisotopic (exact) mass is 374 g/mol. The maximum absolute atomic E-state index is 11.9. The summed E-state index contributed by atoms with van der Waals surface area (Å²) in [7, 11) is 0. The molecule has 0 aromatic heterocycles. The van der Waals surface area contributed by atoms with Gasteiger partial charge < -0.3 is 31.1 Å². The Morgan fingerprint density at radius 3 is 2.22 bits per heavy atom. The average molecular weight is 374 g/mol. The normalized spacial score (nSPS) is 10.2. The van der Waals surface area contributed by atoms with E-state index in [0.29, 0.717) is 12.1 Å². The fourth-order valence-electron chi connectivity index (χ4n) is 2.24. The Balaban J connectivity index is 1.79. The van der Waals surface area contributed by atoms with Crippen LogP contribution in [0.1, 0.15) is 33.6 Å². The van der Waals surface area contributed by atoms with Crippen molar-refractivity contribution in [1.82, 2.24) is 5.32 Å². The van der Waals surface area contributed by atoms with Crippen LogP contribution in [0, 0.1) is 0 Å². The van der Waals surface area contributed by atoms with Crippen molar-refractivity contribution in [3.05, 3.63) is 47.5 Å². The van der Waals surface area contributed by atoms with Crippen LogP contribution in [0.3, 0.4) is 0 Å². The van der Waals surface area contributed by atoms with Crippen LogP contribution in [0.4, 0.5) is 5.69 Å². The number of benzene rings is 2. The van der Waals surface area contributed by atoms with E-state index >= 15 is 0 Å². The first-order valence-electron chi connectivity index (χ1n) is 7.94. The third kappa shape index (κ3) is 5.36. The van der Waals surface area contributed by atoms with Crippen LogP contribution in [0.15, 0.2) is 36.4 Å². The molecule has 9 heteroatoms. The molecular weight excluding hydrogens is 356 g/mol. The summed E-state index contributed by atoms with van der Waals surface area (Å²) >= 11 is 0. The van der Waals surface area contributed by atoms with E-state index in [0.717, 1.165) is 12.1 Å². The molecule has 142 valence electrons. The Morgan fingerprint density at radius 1 is 0.926 bits per heavy atom. The van der Waals surface area contributed by atoms with Gasteiger partial charge in [-0.3, -0.25) is 9.59 Å². The lowest BCUT2D eigenvalue weighted by Crippen LogP contribution is -2.25. The van der Waals surface area contributed by atoms with Crippen molar-refractivity contribution in [2.24, 2.45) is 0 Å². The number of anilines is 1. The number of carbonyl (C=O) groups excluding carboxylic acids is 2. The molecule has 0 unspecified atom stereocenters. The molecule has 27 heavy (non-hydrogen) atoms. The predicted octanol–water partition coefficient (Wildman–Crippen LogP) is 1.65. The summed E-state index contributed by atoms with van der Waals surface area (Å²) in [6.07, 6.45) is 0.399. The first-order valence-corrected chi connectivity index (χ1v) is 7.94. The highest BCUT2D eigenvalue weighted by molar-refractivity contribution is 5.96. The van der Waals surface area contributed by atoms with E-state index in [-0.39, 0.29) is 30.0 Å². The standard InChI is InChI=1S/C18H18N2O7/c21-13-8-11(9-14(22)16(13)24)17(25)19-6-2-5-15(23)20-12-4-1-3-10(7-12)18(26)27/h1,3-4,7-9,21-22,24H,2,5-6H2,(H,19,25)(H,20,23)(H,26,27). The highest BCUT2D eigenvalue weighted by atomic mass is 16.4. The number of carboxylic acids is 1. The average Bonchev–Trinajstić information content (AvgIpc) is 2.62. The van der Waals surface area contributed by atoms with E-state index in [9.17, 15) is 29.7 Å². The Hall–Kier alpha value is -3.75. The number of hydrogen-bond donors (Lipinski definition) is 6. The Kier molecular flexibility index (Phi) is 6.21. The van der Waals surface area contributed by atoms with Gasteiger partial charge in [-0.2, -0.15) is 0 Å². The predicted molar refractivity (Wildman–Crippen MR) is 95.0 cm³/mol. The lowest BCUT2D eigenvalue weighted by atomic mass is 10.1. The van der Waals surface area contributed by atoms with Gasteiger partial charge in [0.1, 0.15) is 0 Å². The first kappa shape index (κ1) is 19.6.